The van der Waals surface area contributed by atoms with Crippen molar-refractivity contribution in [3.8, 4) is 11.5 Å². The standard InChI is InChI=1S/C22H26N4O4S/c1-5-19(27)16-11-17(13-18(12-16)26(3)31(4,28)29)20-24-25-21(30-20)22(2,23)14-15-9-7-6-8-10-15/h6-13H,5,14,23H2,1-4H3. The van der Waals surface area contributed by atoms with E-state index in [1.165, 1.54) is 13.1 Å². The van der Waals surface area contributed by atoms with Gasteiger partial charge in [0.15, 0.2) is 5.78 Å². The highest BCUT2D eigenvalue weighted by atomic mass is 32.2. The number of hydrogen-bond acceptors (Lipinski definition) is 7. The molecule has 1 heterocycles. The molecule has 1 unspecified atom stereocenters. The number of benzene rings is 2. The minimum Gasteiger partial charge on any atom is -0.419 e. The van der Waals surface area contributed by atoms with Crippen molar-refractivity contribution in [2.75, 3.05) is 17.6 Å². The summed E-state index contributed by atoms with van der Waals surface area (Å²) in [4.78, 5) is 12.3. The number of ketones is 1. The number of hydrogen-bond donors (Lipinski definition) is 1. The van der Waals surface area contributed by atoms with Gasteiger partial charge in [0, 0.05) is 24.6 Å². The molecule has 3 rings (SSSR count). The van der Waals surface area contributed by atoms with E-state index in [9.17, 15) is 13.2 Å². The molecule has 0 saturated carbocycles. The fraction of sp³-hybridized carbons (Fsp3) is 0.318. The minimum atomic E-state index is -3.52. The van der Waals surface area contributed by atoms with Crippen LogP contribution >= 0.6 is 0 Å². The monoisotopic (exact) mass is 442 g/mol. The van der Waals surface area contributed by atoms with Crippen LogP contribution in [0.1, 0.15) is 42.1 Å². The maximum atomic E-state index is 12.3. The average molecular weight is 443 g/mol. The first-order chi connectivity index (χ1) is 14.5. The molecule has 8 nitrogen and oxygen atoms in total. The van der Waals surface area contributed by atoms with Gasteiger partial charge in [-0.3, -0.25) is 9.10 Å². The van der Waals surface area contributed by atoms with Gasteiger partial charge in [0.25, 0.3) is 0 Å². The van der Waals surface area contributed by atoms with Crippen molar-refractivity contribution >= 4 is 21.5 Å². The van der Waals surface area contributed by atoms with Gasteiger partial charge in [-0.2, -0.15) is 0 Å². The molecule has 0 aliphatic carbocycles. The SMILES string of the molecule is CCC(=O)c1cc(-c2nnc(C(C)(N)Cc3ccccc3)o2)cc(N(C)S(C)(=O)=O)c1. The number of carbonyl (C=O) groups excluding carboxylic acids is 1. The van der Waals surface area contributed by atoms with Crippen LogP contribution in [0.3, 0.4) is 0 Å². The predicted octanol–water partition coefficient (Wildman–Crippen LogP) is 3.14. The van der Waals surface area contributed by atoms with Gasteiger partial charge in [0.2, 0.25) is 21.8 Å². The molecule has 0 aliphatic rings. The molecule has 0 bridgehead atoms. The minimum absolute atomic E-state index is 0.127. The Bertz CT molecular complexity index is 1190. The lowest BCUT2D eigenvalue weighted by Crippen LogP contribution is -2.35. The number of sulfonamides is 1. The molecule has 2 N–H and O–H groups in total. The molecule has 1 aromatic heterocycles. The zero-order chi connectivity index (χ0) is 22.8. The molecule has 0 saturated heterocycles. The van der Waals surface area contributed by atoms with Gasteiger partial charge in [-0.05, 0) is 37.1 Å². The molecule has 0 radical (unpaired) electrons. The second-order valence-corrected chi connectivity index (χ2v) is 9.78. The number of rotatable bonds is 8. The summed E-state index contributed by atoms with van der Waals surface area (Å²) in [5, 5.41) is 8.23. The Morgan fingerprint density at radius 3 is 2.45 bits per heavy atom. The quantitative estimate of drug-likeness (QED) is 0.532. The van der Waals surface area contributed by atoms with Crippen LogP contribution in [0.2, 0.25) is 0 Å². The molecule has 164 valence electrons. The lowest BCUT2D eigenvalue weighted by molar-refractivity contribution is 0.0988. The van der Waals surface area contributed by atoms with Crippen molar-refractivity contribution in [1.82, 2.24) is 10.2 Å². The Labute approximate surface area is 182 Å². The third-order valence-electron chi connectivity index (χ3n) is 5.00. The van der Waals surface area contributed by atoms with Crippen LogP contribution in [-0.4, -0.2) is 37.7 Å². The number of aromatic nitrogens is 2. The average Bonchev–Trinajstić information content (AvgIpc) is 3.23. The second-order valence-electron chi connectivity index (χ2n) is 7.77. The van der Waals surface area contributed by atoms with Crippen LogP contribution in [-0.2, 0) is 22.0 Å². The van der Waals surface area contributed by atoms with Gasteiger partial charge in [0.05, 0.1) is 17.5 Å². The fourth-order valence-corrected chi connectivity index (χ4v) is 3.63. The van der Waals surface area contributed by atoms with E-state index in [1.54, 1.807) is 26.0 Å². The highest BCUT2D eigenvalue weighted by Crippen LogP contribution is 2.30. The molecule has 0 amide bonds. The Balaban J connectivity index is 2.01. The molecule has 0 spiro atoms. The molecular weight excluding hydrogens is 416 g/mol. The third-order valence-corrected chi connectivity index (χ3v) is 6.20. The Morgan fingerprint density at radius 2 is 1.84 bits per heavy atom. The molecule has 0 aliphatic heterocycles. The van der Waals surface area contributed by atoms with Gasteiger partial charge in [0.1, 0.15) is 0 Å². The van der Waals surface area contributed by atoms with Gasteiger partial charge >= 0.3 is 0 Å². The summed E-state index contributed by atoms with van der Waals surface area (Å²) in [5.41, 5.74) is 7.72. The van der Waals surface area contributed by atoms with Gasteiger partial charge < -0.3 is 10.2 Å². The van der Waals surface area contributed by atoms with Crippen LogP contribution < -0.4 is 10.0 Å². The van der Waals surface area contributed by atoms with Crippen molar-refractivity contribution in [2.45, 2.75) is 32.2 Å². The number of anilines is 1. The van der Waals surface area contributed by atoms with Gasteiger partial charge in [-0.25, -0.2) is 8.42 Å². The maximum absolute atomic E-state index is 12.3. The van der Waals surface area contributed by atoms with E-state index in [0.29, 0.717) is 23.2 Å². The summed E-state index contributed by atoms with van der Waals surface area (Å²) >= 11 is 0. The predicted molar refractivity (Wildman–Crippen MR) is 119 cm³/mol. The van der Waals surface area contributed by atoms with Crippen molar-refractivity contribution in [3.05, 3.63) is 65.5 Å². The van der Waals surface area contributed by atoms with E-state index in [1.807, 2.05) is 30.3 Å². The summed E-state index contributed by atoms with van der Waals surface area (Å²) in [5.74, 6) is 0.280. The molecule has 0 fully saturated rings. The largest absolute Gasteiger partial charge is 0.419 e. The Kier molecular flexibility index (Phi) is 6.28. The summed E-state index contributed by atoms with van der Waals surface area (Å²) in [6.07, 6.45) is 1.86. The van der Waals surface area contributed by atoms with E-state index < -0.39 is 15.6 Å². The van der Waals surface area contributed by atoms with Crippen LogP contribution in [0.15, 0.2) is 52.9 Å². The first-order valence-electron chi connectivity index (χ1n) is 9.80. The van der Waals surface area contributed by atoms with Crippen molar-refractivity contribution in [3.63, 3.8) is 0 Å². The number of nitrogens with zero attached hydrogens (tertiary/aromatic N) is 3. The Hall–Kier alpha value is -3.04. The summed E-state index contributed by atoms with van der Waals surface area (Å²) in [6, 6.07) is 14.5. The van der Waals surface area contributed by atoms with E-state index in [4.69, 9.17) is 10.2 Å². The normalized spacial score (nSPS) is 13.6. The van der Waals surface area contributed by atoms with Crippen molar-refractivity contribution in [2.24, 2.45) is 5.73 Å². The maximum Gasteiger partial charge on any atom is 0.247 e. The molecule has 9 heteroatoms. The zero-order valence-corrected chi connectivity index (χ0v) is 18.8. The second kappa shape index (κ2) is 8.60. The smallest absolute Gasteiger partial charge is 0.247 e. The highest BCUT2D eigenvalue weighted by molar-refractivity contribution is 7.92. The lowest BCUT2D eigenvalue weighted by Gasteiger charge is -2.20. The Morgan fingerprint density at radius 1 is 1.16 bits per heavy atom. The first-order valence-corrected chi connectivity index (χ1v) is 11.7. The van der Waals surface area contributed by atoms with Crippen LogP contribution in [0.5, 0.6) is 0 Å². The van der Waals surface area contributed by atoms with Gasteiger partial charge in [-0.15, -0.1) is 10.2 Å². The van der Waals surface area contributed by atoms with E-state index >= 15 is 0 Å². The molecule has 1 atom stereocenters. The topological polar surface area (TPSA) is 119 Å². The van der Waals surface area contributed by atoms with E-state index in [-0.39, 0.29) is 24.0 Å². The molecular formula is C22H26N4O4S. The third kappa shape index (κ3) is 5.18. The fourth-order valence-electron chi connectivity index (χ4n) is 3.14. The van der Waals surface area contributed by atoms with Crippen molar-refractivity contribution in [1.29, 1.82) is 0 Å². The van der Waals surface area contributed by atoms with E-state index in [0.717, 1.165) is 16.1 Å². The molecule has 31 heavy (non-hydrogen) atoms. The number of nitrogens with two attached hydrogens (primary N) is 1. The molecule has 3 aromatic rings. The van der Waals surface area contributed by atoms with Crippen LogP contribution in [0.4, 0.5) is 5.69 Å². The van der Waals surface area contributed by atoms with Crippen LogP contribution in [0, 0.1) is 0 Å². The summed E-state index contributed by atoms with van der Waals surface area (Å²) < 4.78 is 31.0. The molecule has 2 aromatic carbocycles. The lowest BCUT2D eigenvalue weighted by atomic mass is 9.94. The van der Waals surface area contributed by atoms with Crippen LogP contribution in [0.25, 0.3) is 11.5 Å². The zero-order valence-electron chi connectivity index (χ0n) is 18.0. The highest BCUT2D eigenvalue weighted by Gasteiger charge is 2.29. The van der Waals surface area contributed by atoms with E-state index in [2.05, 4.69) is 10.2 Å². The van der Waals surface area contributed by atoms with Crippen molar-refractivity contribution < 1.29 is 17.6 Å². The summed E-state index contributed by atoms with van der Waals surface area (Å²) in [7, 11) is -2.10. The number of Topliss-reactive ketones (excluding diaryl/α,β-unsaturated/α-hetero) is 1. The first kappa shape index (κ1) is 22.6. The number of carbonyl (C=O) groups is 1. The van der Waals surface area contributed by atoms with Gasteiger partial charge in [-0.1, -0.05) is 37.3 Å². The summed E-state index contributed by atoms with van der Waals surface area (Å²) in [6.45, 7) is 3.54.